The Hall–Kier alpha value is -0.910. The van der Waals surface area contributed by atoms with Crippen molar-refractivity contribution in [3.8, 4) is 0 Å². The number of thioether (sulfide) groups is 1. The number of amides is 2. The molecule has 0 aliphatic carbocycles. The molecule has 124 valence electrons. The predicted octanol–water partition coefficient (Wildman–Crippen LogP) is 3.24. The number of nitrogens with one attached hydrogen (secondary N) is 2. The fraction of sp³-hybridized carbons (Fsp3) is 0.867. The Labute approximate surface area is 132 Å². The molecule has 0 aromatic carbocycles. The SMILES string of the molecule is CCCCCCCCCNC(=O)NC(CCSC)C(=O)O. The van der Waals surface area contributed by atoms with E-state index in [1.807, 2.05) is 6.26 Å². The largest absolute Gasteiger partial charge is 0.480 e. The number of rotatable bonds is 13. The summed E-state index contributed by atoms with van der Waals surface area (Å²) in [7, 11) is 0. The highest BCUT2D eigenvalue weighted by molar-refractivity contribution is 7.98. The summed E-state index contributed by atoms with van der Waals surface area (Å²) in [5.41, 5.74) is 0. The lowest BCUT2D eigenvalue weighted by Gasteiger charge is -2.14. The average Bonchev–Trinajstić information content (AvgIpc) is 2.46. The van der Waals surface area contributed by atoms with Crippen LogP contribution in [0.2, 0.25) is 0 Å². The maximum atomic E-state index is 11.6. The minimum atomic E-state index is -0.977. The molecule has 0 rings (SSSR count). The van der Waals surface area contributed by atoms with Gasteiger partial charge in [0.25, 0.3) is 0 Å². The van der Waals surface area contributed by atoms with E-state index >= 15 is 0 Å². The van der Waals surface area contributed by atoms with Crippen LogP contribution in [0.4, 0.5) is 4.79 Å². The third kappa shape index (κ3) is 12.5. The van der Waals surface area contributed by atoms with Crippen LogP contribution in [0.5, 0.6) is 0 Å². The highest BCUT2D eigenvalue weighted by atomic mass is 32.2. The maximum absolute atomic E-state index is 11.6. The molecule has 2 amide bonds. The number of hydrogen-bond donors (Lipinski definition) is 3. The van der Waals surface area contributed by atoms with Crippen LogP contribution >= 0.6 is 11.8 Å². The number of unbranched alkanes of at least 4 members (excludes halogenated alkanes) is 6. The van der Waals surface area contributed by atoms with Crippen LogP contribution in [0.3, 0.4) is 0 Å². The van der Waals surface area contributed by atoms with Crippen LogP contribution in [-0.4, -0.2) is 41.7 Å². The monoisotopic (exact) mass is 318 g/mol. The summed E-state index contributed by atoms with van der Waals surface area (Å²) in [4.78, 5) is 22.6. The number of carbonyl (C=O) groups excluding carboxylic acids is 1. The van der Waals surface area contributed by atoms with Crippen LogP contribution < -0.4 is 10.6 Å². The molecular formula is C15H30N2O3S. The molecule has 3 N–H and O–H groups in total. The number of hydrogen-bond acceptors (Lipinski definition) is 3. The smallest absolute Gasteiger partial charge is 0.326 e. The molecule has 0 aromatic heterocycles. The van der Waals surface area contributed by atoms with E-state index in [0.717, 1.165) is 18.6 Å². The van der Waals surface area contributed by atoms with Gasteiger partial charge >= 0.3 is 12.0 Å². The fourth-order valence-electron chi connectivity index (χ4n) is 1.99. The lowest BCUT2D eigenvalue weighted by molar-refractivity contribution is -0.139. The van der Waals surface area contributed by atoms with Crippen molar-refractivity contribution in [2.24, 2.45) is 0 Å². The van der Waals surface area contributed by atoms with Crippen LogP contribution in [0.25, 0.3) is 0 Å². The molecule has 1 atom stereocenters. The zero-order valence-corrected chi connectivity index (χ0v) is 14.1. The van der Waals surface area contributed by atoms with E-state index in [9.17, 15) is 9.59 Å². The van der Waals surface area contributed by atoms with Crippen LogP contribution in [0.15, 0.2) is 0 Å². The number of aliphatic carboxylic acids is 1. The molecule has 0 aliphatic heterocycles. The van der Waals surface area contributed by atoms with Gasteiger partial charge in [-0.3, -0.25) is 0 Å². The number of carboxylic acid groups (broad SMARTS) is 1. The van der Waals surface area contributed by atoms with Gasteiger partial charge in [-0.1, -0.05) is 45.4 Å². The molecule has 0 spiro atoms. The quantitative estimate of drug-likeness (QED) is 0.456. The van der Waals surface area contributed by atoms with Gasteiger partial charge in [0.05, 0.1) is 0 Å². The molecular weight excluding hydrogens is 288 g/mol. The topological polar surface area (TPSA) is 78.4 Å². The van der Waals surface area contributed by atoms with Crippen LogP contribution in [-0.2, 0) is 4.79 Å². The van der Waals surface area contributed by atoms with Crippen LogP contribution in [0, 0.1) is 0 Å². The zero-order valence-electron chi connectivity index (χ0n) is 13.3. The molecule has 1 unspecified atom stereocenters. The van der Waals surface area contributed by atoms with Crippen molar-refractivity contribution >= 4 is 23.8 Å². The standard InChI is InChI=1S/C15H30N2O3S/c1-3-4-5-6-7-8-9-11-16-15(20)17-13(14(18)19)10-12-21-2/h13H,3-12H2,1-2H3,(H,18,19)(H2,16,17,20). The lowest BCUT2D eigenvalue weighted by Crippen LogP contribution is -2.46. The predicted molar refractivity (Wildman–Crippen MR) is 89.0 cm³/mol. The van der Waals surface area contributed by atoms with Crippen molar-refractivity contribution in [2.45, 2.75) is 64.3 Å². The second kappa shape index (κ2) is 14.0. The first-order valence-corrected chi connectivity index (χ1v) is 9.27. The summed E-state index contributed by atoms with van der Waals surface area (Å²) in [5, 5.41) is 14.2. The molecule has 0 heterocycles. The van der Waals surface area contributed by atoms with Crippen molar-refractivity contribution < 1.29 is 14.7 Å². The summed E-state index contributed by atoms with van der Waals surface area (Å²) in [6.07, 6.45) is 10.7. The Morgan fingerprint density at radius 3 is 2.29 bits per heavy atom. The molecule has 0 radical (unpaired) electrons. The van der Waals surface area contributed by atoms with Crippen molar-refractivity contribution in [2.75, 3.05) is 18.6 Å². The summed E-state index contributed by atoms with van der Waals surface area (Å²) < 4.78 is 0. The van der Waals surface area contributed by atoms with E-state index in [0.29, 0.717) is 13.0 Å². The summed E-state index contributed by atoms with van der Waals surface area (Å²) in [6, 6.07) is -1.18. The van der Waals surface area contributed by atoms with E-state index in [2.05, 4.69) is 17.6 Å². The molecule has 0 aromatic rings. The summed E-state index contributed by atoms with van der Waals surface area (Å²) in [5.74, 6) is -0.259. The molecule has 0 saturated heterocycles. The van der Waals surface area contributed by atoms with E-state index in [1.54, 1.807) is 11.8 Å². The lowest BCUT2D eigenvalue weighted by atomic mass is 10.1. The van der Waals surface area contributed by atoms with Crippen molar-refractivity contribution in [1.29, 1.82) is 0 Å². The Bertz CT molecular complexity index is 288. The van der Waals surface area contributed by atoms with Gasteiger partial charge in [0.15, 0.2) is 0 Å². The molecule has 0 saturated carbocycles. The third-order valence-corrected chi connectivity index (χ3v) is 3.92. The first-order chi connectivity index (χ1) is 10.1. The third-order valence-electron chi connectivity index (χ3n) is 3.28. The van der Waals surface area contributed by atoms with E-state index in [1.165, 1.54) is 32.1 Å². The summed E-state index contributed by atoms with van der Waals surface area (Å²) >= 11 is 1.57. The van der Waals surface area contributed by atoms with Crippen molar-refractivity contribution in [3.05, 3.63) is 0 Å². The zero-order chi connectivity index (χ0) is 15.9. The van der Waals surface area contributed by atoms with Crippen molar-refractivity contribution in [1.82, 2.24) is 10.6 Å². The number of carbonyl (C=O) groups is 2. The van der Waals surface area contributed by atoms with Gasteiger partial charge in [-0.15, -0.1) is 0 Å². The highest BCUT2D eigenvalue weighted by Crippen LogP contribution is 2.06. The van der Waals surface area contributed by atoms with Gasteiger partial charge in [-0.2, -0.15) is 11.8 Å². The highest BCUT2D eigenvalue weighted by Gasteiger charge is 2.18. The van der Waals surface area contributed by atoms with E-state index in [-0.39, 0.29) is 6.03 Å². The molecule has 5 nitrogen and oxygen atoms in total. The molecule has 0 fully saturated rings. The molecule has 0 bridgehead atoms. The second-order valence-electron chi connectivity index (χ2n) is 5.19. The number of urea groups is 1. The summed E-state index contributed by atoms with van der Waals surface area (Å²) in [6.45, 7) is 2.81. The van der Waals surface area contributed by atoms with Gasteiger partial charge < -0.3 is 15.7 Å². The Morgan fingerprint density at radius 1 is 1.10 bits per heavy atom. The molecule has 21 heavy (non-hydrogen) atoms. The Balaban J connectivity index is 3.61. The van der Waals surface area contributed by atoms with E-state index < -0.39 is 12.0 Å². The normalized spacial score (nSPS) is 11.9. The van der Waals surface area contributed by atoms with Gasteiger partial charge in [0.1, 0.15) is 6.04 Å². The first-order valence-electron chi connectivity index (χ1n) is 7.88. The first kappa shape index (κ1) is 20.1. The molecule has 6 heteroatoms. The minimum Gasteiger partial charge on any atom is -0.480 e. The fourth-order valence-corrected chi connectivity index (χ4v) is 2.46. The van der Waals surface area contributed by atoms with Gasteiger partial charge in [-0.25, -0.2) is 9.59 Å². The average molecular weight is 318 g/mol. The molecule has 0 aliphatic rings. The van der Waals surface area contributed by atoms with E-state index in [4.69, 9.17) is 5.11 Å². The Morgan fingerprint density at radius 2 is 1.71 bits per heavy atom. The Kier molecular flexibility index (Phi) is 13.4. The van der Waals surface area contributed by atoms with Gasteiger partial charge in [-0.05, 0) is 24.9 Å². The minimum absolute atomic E-state index is 0.380. The maximum Gasteiger partial charge on any atom is 0.326 e. The van der Waals surface area contributed by atoms with Gasteiger partial charge in [0, 0.05) is 6.54 Å². The van der Waals surface area contributed by atoms with Gasteiger partial charge in [0.2, 0.25) is 0 Å². The van der Waals surface area contributed by atoms with Crippen LogP contribution in [0.1, 0.15) is 58.3 Å². The number of carboxylic acids is 1. The second-order valence-corrected chi connectivity index (χ2v) is 6.18. The van der Waals surface area contributed by atoms with Crippen molar-refractivity contribution in [3.63, 3.8) is 0 Å².